The van der Waals surface area contributed by atoms with E-state index in [2.05, 4.69) is 5.32 Å². The van der Waals surface area contributed by atoms with Gasteiger partial charge < -0.3 is 10.4 Å². The van der Waals surface area contributed by atoms with Gasteiger partial charge in [-0.2, -0.15) is 0 Å². The predicted octanol–water partition coefficient (Wildman–Crippen LogP) is 4.70. The maximum atomic E-state index is 12.6. The zero-order valence-electron chi connectivity index (χ0n) is 17.0. The van der Waals surface area contributed by atoms with Crippen molar-refractivity contribution in [2.45, 2.75) is 25.7 Å². The molecule has 1 heterocycles. The number of amides is 2. The van der Waals surface area contributed by atoms with Crippen LogP contribution in [0.25, 0.3) is 6.08 Å². The highest BCUT2D eigenvalue weighted by Crippen LogP contribution is 2.33. The molecule has 2 amide bonds. The fraction of sp³-hybridized carbons (Fsp3) is 0.227. The van der Waals surface area contributed by atoms with Gasteiger partial charge in [0, 0.05) is 25.1 Å². The van der Waals surface area contributed by atoms with E-state index in [9.17, 15) is 24.8 Å². The van der Waals surface area contributed by atoms with E-state index in [1.807, 2.05) is 36.4 Å². The Bertz CT molecular complexity index is 1070. The first kappa shape index (κ1) is 23.4. The van der Waals surface area contributed by atoms with Gasteiger partial charge in [-0.15, -0.1) is 0 Å². The molecule has 166 valence electrons. The van der Waals surface area contributed by atoms with E-state index >= 15 is 0 Å². The molecule has 0 aliphatic carbocycles. The molecule has 0 aromatic heterocycles. The Morgan fingerprint density at radius 3 is 2.66 bits per heavy atom. The highest BCUT2D eigenvalue weighted by Gasteiger charge is 2.31. The number of rotatable bonds is 9. The van der Waals surface area contributed by atoms with Gasteiger partial charge in [-0.05, 0) is 30.5 Å². The number of nitro groups is 1. The normalized spacial score (nSPS) is 14.8. The summed E-state index contributed by atoms with van der Waals surface area (Å²) in [5, 5.41) is 23.1. The molecule has 0 atom stereocenters. The summed E-state index contributed by atoms with van der Waals surface area (Å²) in [6.07, 6.45) is 3.96. The molecule has 8 nitrogen and oxygen atoms in total. The number of unbranched alkanes of at least 4 members (excludes halogenated alkanes) is 2. The summed E-state index contributed by atoms with van der Waals surface area (Å²) < 4.78 is 0.524. The molecule has 32 heavy (non-hydrogen) atoms. The Labute approximate surface area is 194 Å². The lowest BCUT2D eigenvalue weighted by atomic mass is 10.1. The number of nitro benzene ring substituents is 1. The summed E-state index contributed by atoms with van der Waals surface area (Å²) in [5.41, 5.74) is 0.726. The Morgan fingerprint density at radius 1 is 1.19 bits per heavy atom. The van der Waals surface area contributed by atoms with Gasteiger partial charge >= 0.3 is 0 Å². The summed E-state index contributed by atoms with van der Waals surface area (Å²) in [7, 11) is 0. The Morgan fingerprint density at radius 2 is 1.94 bits per heavy atom. The number of hydrogen-bond donors (Lipinski definition) is 2. The first-order valence-electron chi connectivity index (χ1n) is 9.93. The molecule has 1 aliphatic rings. The van der Waals surface area contributed by atoms with Gasteiger partial charge in [-0.3, -0.25) is 24.6 Å². The standard InChI is InChI=1S/C22H21N3O5S2/c26-18-11-10-16(25(29)30)14-17(18)23-20(27)9-5-2-6-12-24-21(28)19(32-22(24)31)13-15-7-3-1-4-8-15/h1,3-4,7-8,10-11,13-14,26H,2,5-6,9,12H2,(H,23,27). The number of aromatic hydroxyl groups is 1. The Kier molecular flexibility index (Phi) is 7.96. The molecule has 2 N–H and O–H groups in total. The highest BCUT2D eigenvalue weighted by molar-refractivity contribution is 8.26. The van der Waals surface area contributed by atoms with Crippen LogP contribution in [0.4, 0.5) is 11.4 Å². The smallest absolute Gasteiger partial charge is 0.271 e. The zero-order valence-corrected chi connectivity index (χ0v) is 18.7. The molecule has 3 rings (SSSR count). The number of nitrogens with zero attached hydrogens (tertiary/aromatic N) is 2. The monoisotopic (exact) mass is 471 g/mol. The van der Waals surface area contributed by atoms with Crippen molar-refractivity contribution < 1.29 is 19.6 Å². The van der Waals surface area contributed by atoms with E-state index in [0.29, 0.717) is 35.0 Å². The number of anilines is 1. The van der Waals surface area contributed by atoms with Crippen molar-refractivity contribution in [1.82, 2.24) is 4.90 Å². The van der Waals surface area contributed by atoms with Gasteiger partial charge in [0.1, 0.15) is 10.1 Å². The van der Waals surface area contributed by atoms with Crippen LogP contribution in [0.5, 0.6) is 5.75 Å². The summed E-state index contributed by atoms with van der Waals surface area (Å²) in [6, 6.07) is 13.0. The molecule has 0 radical (unpaired) electrons. The van der Waals surface area contributed by atoms with E-state index in [0.717, 1.165) is 17.7 Å². The number of nitrogens with one attached hydrogen (secondary N) is 1. The van der Waals surface area contributed by atoms with E-state index in [1.54, 1.807) is 4.90 Å². The first-order chi connectivity index (χ1) is 15.3. The minimum Gasteiger partial charge on any atom is -0.506 e. The van der Waals surface area contributed by atoms with Gasteiger partial charge in [0.2, 0.25) is 5.91 Å². The number of thioether (sulfide) groups is 1. The predicted molar refractivity (Wildman–Crippen MR) is 128 cm³/mol. The first-order valence-corrected chi connectivity index (χ1v) is 11.2. The summed E-state index contributed by atoms with van der Waals surface area (Å²) >= 11 is 6.62. The highest BCUT2D eigenvalue weighted by atomic mass is 32.2. The lowest BCUT2D eigenvalue weighted by Gasteiger charge is -2.14. The molecule has 10 heteroatoms. The van der Waals surface area contributed by atoms with Crippen LogP contribution in [-0.4, -0.2) is 37.6 Å². The molecule has 0 spiro atoms. The summed E-state index contributed by atoms with van der Waals surface area (Å²) in [4.78, 5) is 37.1. The third-order valence-corrected chi connectivity index (χ3v) is 6.10. The van der Waals surface area contributed by atoms with Crippen molar-refractivity contribution in [2.75, 3.05) is 11.9 Å². The lowest BCUT2D eigenvalue weighted by Crippen LogP contribution is -2.29. The SMILES string of the molecule is O=C(CCCCCN1C(=O)C(=Cc2ccccc2)SC1=S)Nc1cc([N+](=O)[O-])ccc1O. The third-order valence-electron chi connectivity index (χ3n) is 4.72. The molecule has 0 saturated carbocycles. The van der Waals surface area contributed by atoms with Crippen LogP contribution in [0.15, 0.2) is 53.4 Å². The van der Waals surface area contributed by atoms with Crippen LogP contribution < -0.4 is 5.32 Å². The van der Waals surface area contributed by atoms with Crippen LogP contribution in [0.2, 0.25) is 0 Å². The number of carbonyl (C=O) groups is 2. The van der Waals surface area contributed by atoms with Gasteiger partial charge in [-0.1, -0.05) is 60.7 Å². The molecule has 0 bridgehead atoms. The van der Waals surface area contributed by atoms with Crippen molar-refractivity contribution in [3.63, 3.8) is 0 Å². The number of carbonyl (C=O) groups excluding carboxylic acids is 2. The average Bonchev–Trinajstić information content (AvgIpc) is 3.02. The second-order valence-corrected chi connectivity index (χ2v) is 8.74. The number of hydrogen-bond acceptors (Lipinski definition) is 7. The van der Waals surface area contributed by atoms with Crippen LogP contribution in [0, 0.1) is 10.1 Å². The van der Waals surface area contributed by atoms with Crippen molar-refractivity contribution in [3.8, 4) is 5.75 Å². The Balaban J connectivity index is 1.43. The zero-order chi connectivity index (χ0) is 23.1. The second-order valence-electron chi connectivity index (χ2n) is 7.06. The van der Waals surface area contributed by atoms with Crippen molar-refractivity contribution in [3.05, 3.63) is 69.1 Å². The number of non-ortho nitro benzene ring substituents is 1. The number of thiocarbonyl (C=S) groups is 1. The molecular weight excluding hydrogens is 450 g/mol. The van der Waals surface area contributed by atoms with Gasteiger partial charge in [0.25, 0.3) is 11.6 Å². The summed E-state index contributed by atoms with van der Waals surface area (Å²) in [6.45, 7) is 0.476. The minimum absolute atomic E-state index is 0.00645. The van der Waals surface area contributed by atoms with Gasteiger partial charge in [-0.25, -0.2) is 0 Å². The van der Waals surface area contributed by atoms with E-state index < -0.39 is 4.92 Å². The van der Waals surface area contributed by atoms with Crippen LogP contribution in [0.3, 0.4) is 0 Å². The topological polar surface area (TPSA) is 113 Å². The number of phenolic OH excluding ortho intramolecular Hbond substituents is 1. The molecule has 0 unspecified atom stereocenters. The molecule has 2 aromatic carbocycles. The van der Waals surface area contributed by atoms with Crippen molar-refractivity contribution in [1.29, 1.82) is 0 Å². The van der Waals surface area contributed by atoms with Crippen molar-refractivity contribution >= 4 is 57.6 Å². The Hall–Kier alpha value is -3.24. The van der Waals surface area contributed by atoms with E-state index in [-0.39, 0.29) is 35.4 Å². The quantitative estimate of drug-likeness (QED) is 0.136. The van der Waals surface area contributed by atoms with Crippen LogP contribution in [-0.2, 0) is 9.59 Å². The summed E-state index contributed by atoms with van der Waals surface area (Å²) in [5.74, 6) is -0.693. The van der Waals surface area contributed by atoms with Crippen LogP contribution in [0.1, 0.15) is 31.2 Å². The minimum atomic E-state index is -0.599. The average molecular weight is 472 g/mol. The van der Waals surface area contributed by atoms with Gasteiger partial charge in [0.15, 0.2) is 0 Å². The molecule has 1 saturated heterocycles. The maximum Gasteiger partial charge on any atom is 0.271 e. The largest absolute Gasteiger partial charge is 0.506 e. The third kappa shape index (κ3) is 6.14. The molecular formula is C22H21N3O5S2. The van der Waals surface area contributed by atoms with Gasteiger partial charge in [0.05, 0.1) is 15.5 Å². The molecule has 1 aliphatic heterocycles. The fourth-order valence-electron chi connectivity index (χ4n) is 3.08. The molecule has 1 fully saturated rings. The van der Waals surface area contributed by atoms with E-state index in [4.69, 9.17) is 12.2 Å². The fourth-order valence-corrected chi connectivity index (χ4v) is 4.38. The number of phenols is 1. The lowest BCUT2D eigenvalue weighted by molar-refractivity contribution is -0.384. The number of benzene rings is 2. The van der Waals surface area contributed by atoms with Crippen LogP contribution >= 0.6 is 24.0 Å². The second kappa shape index (κ2) is 10.9. The van der Waals surface area contributed by atoms with Crippen molar-refractivity contribution in [2.24, 2.45) is 0 Å². The molecule has 2 aromatic rings. The van der Waals surface area contributed by atoms with E-state index in [1.165, 1.54) is 17.8 Å². The maximum absolute atomic E-state index is 12.6.